The first-order valence-electron chi connectivity index (χ1n) is 15.8. The molecule has 2 atom stereocenters. The second kappa shape index (κ2) is 14.1. The predicted octanol–water partition coefficient (Wildman–Crippen LogP) is 4.09. The van der Waals surface area contributed by atoms with E-state index < -0.39 is 28.3 Å². The van der Waals surface area contributed by atoms with E-state index in [4.69, 9.17) is 0 Å². The van der Waals surface area contributed by atoms with Crippen molar-refractivity contribution in [1.82, 2.24) is 25.1 Å². The minimum absolute atomic E-state index is 0.101. The zero-order chi connectivity index (χ0) is 34.7. The molecule has 6 rings (SSSR count). The van der Waals surface area contributed by atoms with Gasteiger partial charge < -0.3 is 15.1 Å². The lowest BCUT2D eigenvalue weighted by atomic mass is 9.99. The Labute approximate surface area is 284 Å². The maximum Gasteiger partial charge on any atom is 0.332 e. The topological polar surface area (TPSA) is 122 Å². The molecule has 2 saturated heterocycles. The highest BCUT2D eigenvalue weighted by Gasteiger charge is 2.52. The van der Waals surface area contributed by atoms with E-state index in [9.17, 15) is 27.2 Å². The summed E-state index contributed by atoms with van der Waals surface area (Å²) in [6.45, 7) is 4.37. The molecule has 0 spiro atoms. The van der Waals surface area contributed by atoms with E-state index in [2.05, 4.69) is 16.6 Å². The molecule has 4 aromatic rings. The molecule has 49 heavy (non-hydrogen) atoms. The maximum absolute atomic E-state index is 14.3. The Morgan fingerprint density at radius 2 is 1.67 bits per heavy atom. The third kappa shape index (κ3) is 7.58. The van der Waals surface area contributed by atoms with E-state index in [0.29, 0.717) is 17.8 Å². The summed E-state index contributed by atoms with van der Waals surface area (Å²) >= 11 is 0. The van der Waals surface area contributed by atoms with Gasteiger partial charge in [-0.05, 0) is 51.7 Å². The zero-order valence-electron chi connectivity index (χ0n) is 27.0. The van der Waals surface area contributed by atoms with Gasteiger partial charge in [0.05, 0.1) is 25.9 Å². The highest BCUT2D eigenvalue weighted by Crippen LogP contribution is 2.31. The number of rotatable bonds is 11. The molecule has 2 aliphatic heterocycles. The largest absolute Gasteiger partial charge is 0.333 e. The number of sulfonamides is 1. The van der Waals surface area contributed by atoms with Crippen molar-refractivity contribution in [3.63, 3.8) is 0 Å². The molecule has 11 nitrogen and oxygen atoms in total. The number of hydrogen-bond acceptors (Lipinski definition) is 6. The number of hydrazine groups is 1. The van der Waals surface area contributed by atoms with Crippen molar-refractivity contribution in [2.75, 3.05) is 30.6 Å². The molecule has 2 aliphatic rings. The monoisotopic (exact) mass is 684 g/mol. The van der Waals surface area contributed by atoms with E-state index in [1.807, 2.05) is 42.5 Å². The van der Waals surface area contributed by atoms with Crippen molar-refractivity contribution >= 4 is 44.3 Å². The number of hydrogen-bond donors (Lipinski definition) is 2. The molecule has 4 amide bonds. The number of carbonyl (C=O) groups is 3. The Balaban J connectivity index is 1.31. The standard InChI is InChI=1S/C36H37FN6O5S/c1-3-19-41(36(46)38-21-26-11-15-29(37)16-12-26)42-24-34(44)43-32(20-25-13-17-30(18-14-25)39-49(2,47)48)35(45)40(23-33(42)43)22-28-9-6-8-27-7-4-5-10-31(27)28/h3-18,32-33,39H,1,19-24H2,2H3,(H,38,46)/t32-,33+/m0/s1. The summed E-state index contributed by atoms with van der Waals surface area (Å²) in [5, 5.41) is 8.01. The minimum atomic E-state index is -3.47. The Kier molecular flexibility index (Phi) is 9.65. The van der Waals surface area contributed by atoms with Crippen molar-refractivity contribution in [3.05, 3.63) is 126 Å². The fourth-order valence-corrected chi connectivity index (χ4v) is 7.03. The summed E-state index contributed by atoms with van der Waals surface area (Å²) in [4.78, 5) is 45.0. The van der Waals surface area contributed by atoms with Crippen LogP contribution in [-0.4, -0.2) is 84.2 Å². The highest BCUT2D eigenvalue weighted by molar-refractivity contribution is 7.92. The van der Waals surface area contributed by atoms with Crippen LogP contribution >= 0.6 is 0 Å². The number of amides is 4. The first kappa shape index (κ1) is 33.6. The molecule has 0 bridgehead atoms. The van der Waals surface area contributed by atoms with Crippen LogP contribution in [0.2, 0.25) is 0 Å². The van der Waals surface area contributed by atoms with Gasteiger partial charge in [0, 0.05) is 25.2 Å². The van der Waals surface area contributed by atoms with E-state index in [-0.39, 0.29) is 50.2 Å². The fraction of sp³-hybridized carbons (Fsp3) is 0.250. The van der Waals surface area contributed by atoms with Gasteiger partial charge in [-0.15, -0.1) is 6.58 Å². The van der Waals surface area contributed by atoms with E-state index >= 15 is 0 Å². The van der Waals surface area contributed by atoms with Crippen LogP contribution in [0.1, 0.15) is 16.7 Å². The number of piperazine rings is 1. The molecule has 0 radical (unpaired) electrons. The second-order valence-electron chi connectivity index (χ2n) is 12.2. The van der Waals surface area contributed by atoms with Gasteiger partial charge in [0.1, 0.15) is 18.0 Å². The van der Waals surface area contributed by atoms with Gasteiger partial charge in [-0.1, -0.05) is 72.8 Å². The molecule has 0 unspecified atom stereocenters. The Hall–Kier alpha value is -5.27. The molecule has 2 heterocycles. The third-order valence-electron chi connectivity index (χ3n) is 8.70. The molecule has 0 aromatic heterocycles. The first-order valence-corrected chi connectivity index (χ1v) is 17.7. The normalized spacial score (nSPS) is 18.0. The average Bonchev–Trinajstić information content (AvgIpc) is 3.40. The number of nitrogens with one attached hydrogen (secondary N) is 2. The van der Waals surface area contributed by atoms with Gasteiger partial charge >= 0.3 is 6.03 Å². The van der Waals surface area contributed by atoms with Crippen LogP contribution in [0, 0.1) is 5.82 Å². The number of fused-ring (bicyclic) bond motifs is 2. The van der Waals surface area contributed by atoms with Gasteiger partial charge in [0.15, 0.2) is 0 Å². The molecule has 4 aromatic carbocycles. The van der Waals surface area contributed by atoms with Crippen molar-refractivity contribution in [2.24, 2.45) is 0 Å². The van der Waals surface area contributed by atoms with E-state index in [1.54, 1.807) is 57.3 Å². The van der Waals surface area contributed by atoms with Gasteiger partial charge in [-0.2, -0.15) is 5.01 Å². The summed E-state index contributed by atoms with van der Waals surface area (Å²) in [6.07, 6.45) is 2.15. The number of carbonyl (C=O) groups excluding carboxylic acids is 3. The highest BCUT2D eigenvalue weighted by atomic mass is 32.2. The molecule has 2 N–H and O–H groups in total. The Bertz CT molecular complexity index is 1980. The van der Waals surface area contributed by atoms with Crippen LogP contribution < -0.4 is 10.0 Å². The van der Waals surface area contributed by atoms with E-state index in [0.717, 1.165) is 28.2 Å². The van der Waals surface area contributed by atoms with Gasteiger partial charge in [0.25, 0.3) is 0 Å². The molecular formula is C36H37FN6O5S. The molecule has 13 heteroatoms. The van der Waals surface area contributed by atoms with Crippen LogP contribution in [0.15, 0.2) is 104 Å². The molecule has 0 aliphatic carbocycles. The third-order valence-corrected chi connectivity index (χ3v) is 9.30. The van der Waals surface area contributed by atoms with Crippen molar-refractivity contribution in [3.8, 4) is 0 Å². The van der Waals surface area contributed by atoms with E-state index in [1.165, 1.54) is 17.1 Å². The van der Waals surface area contributed by atoms with Crippen LogP contribution in [-0.2, 0) is 39.1 Å². The second-order valence-corrected chi connectivity index (χ2v) is 13.9. The summed E-state index contributed by atoms with van der Waals surface area (Å²) in [6, 6.07) is 25.0. The maximum atomic E-state index is 14.3. The van der Waals surface area contributed by atoms with Crippen LogP contribution in [0.3, 0.4) is 0 Å². The predicted molar refractivity (Wildman–Crippen MR) is 185 cm³/mol. The molecule has 254 valence electrons. The lowest BCUT2D eigenvalue weighted by Crippen LogP contribution is -2.66. The fourth-order valence-electron chi connectivity index (χ4n) is 6.47. The lowest BCUT2D eigenvalue weighted by molar-refractivity contribution is -0.157. The van der Waals surface area contributed by atoms with Gasteiger partial charge in [-0.25, -0.2) is 17.6 Å². The quantitative estimate of drug-likeness (QED) is 0.230. The van der Waals surface area contributed by atoms with Crippen molar-refractivity contribution in [1.29, 1.82) is 0 Å². The Morgan fingerprint density at radius 3 is 2.39 bits per heavy atom. The number of anilines is 1. The van der Waals surface area contributed by atoms with Gasteiger partial charge in [-0.3, -0.25) is 19.3 Å². The molecule has 2 fully saturated rings. The zero-order valence-corrected chi connectivity index (χ0v) is 27.8. The Morgan fingerprint density at radius 1 is 0.980 bits per heavy atom. The summed E-state index contributed by atoms with van der Waals surface area (Å²) < 4.78 is 39.3. The van der Waals surface area contributed by atoms with Crippen molar-refractivity contribution < 1.29 is 27.2 Å². The number of urea groups is 1. The summed E-state index contributed by atoms with van der Waals surface area (Å²) in [7, 11) is -3.47. The van der Waals surface area contributed by atoms with Gasteiger partial charge in [0.2, 0.25) is 21.8 Å². The number of benzene rings is 4. The van der Waals surface area contributed by atoms with Crippen LogP contribution in [0.4, 0.5) is 14.9 Å². The smallest absolute Gasteiger partial charge is 0.332 e. The number of nitrogens with zero attached hydrogens (tertiary/aromatic N) is 4. The van der Waals surface area contributed by atoms with Crippen molar-refractivity contribution in [2.45, 2.75) is 31.7 Å². The summed E-state index contributed by atoms with van der Waals surface area (Å²) in [5.41, 5.74) is 2.77. The van der Waals surface area contributed by atoms with Crippen LogP contribution in [0.25, 0.3) is 10.8 Å². The van der Waals surface area contributed by atoms with Crippen LogP contribution in [0.5, 0.6) is 0 Å². The SMILES string of the molecule is C=CCN(C(=O)NCc1ccc(F)cc1)N1CC(=O)N2[C@@H](Cc3ccc(NS(C)(=O)=O)cc3)C(=O)N(Cc3cccc4ccccc34)C[C@@H]21. The first-order chi connectivity index (χ1) is 23.5. The molecule has 0 saturated carbocycles. The average molecular weight is 685 g/mol. The minimum Gasteiger partial charge on any atom is -0.333 e. The lowest BCUT2D eigenvalue weighted by Gasteiger charge is -2.46. The number of halogens is 1. The summed E-state index contributed by atoms with van der Waals surface area (Å²) in [5.74, 6) is -0.910. The molecular weight excluding hydrogens is 647 g/mol.